The third kappa shape index (κ3) is 2.56. The molecule has 1 aliphatic heterocycles. The van der Waals surface area contributed by atoms with Crippen LogP contribution in [0.4, 0.5) is 0 Å². The van der Waals surface area contributed by atoms with Crippen molar-refractivity contribution >= 4 is 9.84 Å². The van der Waals surface area contributed by atoms with Crippen molar-refractivity contribution in [3.05, 3.63) is 11.7 Å². The molecule has 1 N–H and O–H groups in total. The zero-order chi connectivity index (χ0) is 12.8. The maximum atomic E-state index is 11.3. The van der Waals surface area contributed by atoms with Gasteiger partial charge < -0.3 is 9.63 Å². The van der Waals surface area contributed by atoms with E-state index in [2.05, 4.69) is 10.1 Å². The van der Waals surface area contributed by atoms with E-state index >= 15 is 0 Å². The van der Waals surface area contributed by atoms with Crippen LogP contribution < -0.4 is 0 Å². The van der Waals surface area contributed by atoms with E-state index in [4.69, 9.17) is 4.52 Å². The molecular weight excluding hydrogens is 256 g/mol. The third-order valence-electron chi connectivity index (χ3n) is 3.66. The molecule has 0 atom stereocenters. The Morgan fingerprint density at radius 3 is 2.61 bits per heavy atom. The van der Waals surface area contributed by atoms with Crippen molar-refractivity contribution in [1.82, 2.24) is 10.1 Å². The highest BCUT2D eigenvalue weighted by Crippen LogP contribution is 2.38. The number of aliphatic hydroxyl groups is 1. The summed E-state index contributed by atoms with van der Waals surface area (Å²) in [4.78, 5) is 4.26. The van der Waals surface area contributed by atoms with E-state index in [1.807, 2.05) is 0 Å². The van der Waals surface area contributed by atoms with Gasteiger partial charge in [-0.2, -0.15) is 4.98 Å². The van der Waals surface area contributed by atoms with Crippen molar-refractivity contribution in [1.29, 1.82) is 0 Å². The van der Waals surface area contributed by atoms with Crippen molar-refractivity contribution in [2.75, 3.05) is 11.5 Å². The Bertz CT molecular complexity index is 533. The lowest BCUT2D eigenvalue weighted by Gasteiger charge is -2.30. The van der Waals surface area contributed by atoms with Crippen LogP contribution in [0, 0.1) is 0 Å². The van der Waals surface area contributed by atoms with Crippen LogP contribution in [0.25, 0.3) is 0 Å². The van der Waals surface area contributed by atoms with Crippen molar-refractivity contribution in [3.8, 4) is 0 Å². The summed E-state index contributed by atoms with van der Waals surface area (Å²) >= 11 is 0. The Balaban J connectivity index is 1.67. The number of hydrogen-bond donors (Lipinski definition) is 1. The van der Waals surface area contributed by atoms with Crippen LogP contribution >= 0.6 is 0 Å². The van der Waals surface area contributed by atoms with Crippen molar-refractivity contribution in [2.24, 2.45) is 0 Å². The van der Waals surface area contributed by atoms with Gasteiger partial charge in [-0.25, -0.2) is 8.42 Å². The molecule has 1 saturated carbocycles. The second kappa shape index (κ2) is 4.03. The first-order chi connectivity index (χ1) is 8.46. The number of rotatable bonds is 3. The molecule has 0 unspecified atom stereocenters. The molecule has 100 valence electrons. The van der Waals surface area contributed by atoms with Crippen LogP contribution in [0.3, 0.4) is 0 Å². The number of nitrogens with zero attached hydrogens (tertiary/aromatic N) is 2. The first kappa shape index (κ1) is 12.1. The molecule has 1 saturated heterocycles. The fourth-order valence-corrected chi connectivity index (χ4v) is 3.81. The average Bonchev–Trinajstić information content (AvgIpc) is 3.06. The molecule has 1 aliphatic carbocycles. The zero-order valence-corrected chi connectivity index (χ0v) is 10.8. The first-order valence-electron chi connectivity index (χ1n) is 6.21. The van der Waals surface area contributed by atoms with E-state index < -0.39 is 15.4 Å². The fourth-order valence-electron chi connectivity index (χ4n) is 2.22. The van der Waals surface area contributed by atoms with E-state index in [-0.39, 0.29) is 30.8 Å². The molecule has 0 radical (unpaired) electrons. The Labute approximate surface area is 105 Å². The van der Waals surface area contributed by atoms with E-state index in [9.17, 15) is 13.5 Å². The van der Waals surface area contributed by atoms with E-state index in [0.717, 1.165) is 18.7 Å². The summed E-state index contributed by atoms with van der Waals surface area (Å²) in [5.74, 6) is 1.62. The van der Waals surface area contributed by atoms with Crippen molar-refractivity contribution < 1.29 is 18.0 Å². The SMILES string of the molecule is O=S1(=O)CCC(O)(Cc2nc(C3CC3)no2)CC1. The average molecular weight is 272 g/mol. The largest absolute Gasteiger partial charge is 0.389 e. The molecule has 18 heavy (non-hydrogen) atoms. The molecule has 2 heterocycles. The van der Waals surface area contributed by atoms with Crippen LogP contribution in [-0.2, 0) is 16.3 Å². The maximum absolute atomic E-state index is 11.3. The molecule has 7 heteroatoms. The summed E-state index contributed by atoms with van der Waals surface area (Å²) in [5.41, 5.74) is -1.02. The van der Waals surface area contributed by atoms with Crippen LogP contribution in [0.2, 0.25) is 0 Å². The summed E-state index contributed by atoms with van der Waals surface area (Å²) < 4.78 is 27.8. The van der Waals surface area contributed by atoms with Gasteiger partial charge in [0.05, 0.1) is 23.5 Å². The highest BCUT2D eigenvalue weighted by atomic mass is 32.2. The minimum atomic E-state index is -2.97. The van der Waals surface area contributed by atoms with Crippen LogP contribution in [0.1, 0.15) is 43.3 Å². The molecule has 3 rings (SSSR count). The summed E-state index contributed by atoms with van der Waals surface area (Å²) in [6, 6.07) is 0. The van der Waals surface area contributed by atoms with Gasteiger partial charge in [-0.3, -0.25) is 0 Å². The molecule has 2 aliphatic rings. The molecule has 0 spiro atoms. The van der Waals surface area contributed by atoms with Crippen LogP contribution in [-0.4, -0.2) is 40.8 Å². The highest BCUT2D eigenvalue weighted by Gasteiger charge is 2.37. The van der Waals surface area contributed by atoms with Gasteiger partial charge in [0, 0.05) is 5.92 Å². The maximum Gasteiger partial charge on any atom is 0.229 e. The standard InChI is InChI=1S/C11H16N2O4S/c14-11(3-5-18(15,16)6-4-11)7-9-12-10(13-17-9)8-1-2-8/h8,14H,1-7H2. The topological polar surface area (TPSA) is 93.3 Å². The highest BCUT2D eigenvalue weighted by molar-refractivity contribution is 7.91. The summed E-state index contributed by atoms with van der Waals surface area (Å²) in [5, 5.41) is 14.2. The van der Waals surface area contributed by atoms with Crippen molar-refractivity contribution in [3.63, 3.8) is 0 Å². The van der Waals surface area contributed by atoms with E-state index in [1.165, 1.54) is 0 Å². The second-order valence-electron chi connectivity index (χ2n) is 5.37. The molecule has 0 aromatic carbocycles. The van der Waals surface area contributed by atoms with Crippen molar-refractivity contribution in [2.45, 2.75) is 43.6 Å². The Hall–Kier alpha value is -0.950. The van der Waals surface area contributed by atoms with Gasteiger partial charge >= 0.3 is 0 Å². The zero-order valence-electron chi connectivity index (χ0n) is 10.0. The Kier molecular flexibility index (Phi) is 2.71. The molecule has 0 bridgehead atoms. The second-order valence-corrected chi connectivity index (χ2v) is 7.68. The molecule has 6 nitrogen and oxygen atoms in total. The summed E-state index contributed by atoms with van der Waals surface area (Å²) in [6.07, 6.45) is 2.94. The number of hydrogen-bond acceptors (Lipinski definition) is 6. The van der Waals surface area contributed by atoms with Gasteiger partial charge in [0.1, 0.15) is 0 Å². The number of sulfone groups is 1. The van der Waals surface area contributed by atoms with Crippen LogP contribution in [0.15, 0.2) is 4.52 Å². The van der Waals surface area contributed by atoms with Crippen LogP contribution in [0.5, 0.6) is 0 Å². The monoisotopic (exact) mass is 272 g/mol. The fraction of sp³-hybridized carbons (Fsp3) is 0.818. The Morgan fingerprint density at radius 2 is 2.00 bits per heavy atom. The third-order valence-corrected chi connectivity index (χ3v) is 5.32. The molecular formula is C11H16N2O4S. The van der Waals surface area contributed by atoms with E-state index in [0.29, 0.717) is 11.8 Å². The van der Waals surface area contributed by atoms with Gasteiger partial charge in [-0.05, 0) is 25.7 Å². The quantitative estimate of drug-likeness (QED) is 0.857. The molecule has 1 aromatic rings. The van der Waals surface area contributed by atoms with Gasteiger partial charge in [-0.15, -0.1) is 0 Å². The molecule has 0 amide bonds. The minimum Gasteiger partial charge on any atom is -0.389 e. The number of aromatic nitrogens is 2. The van der Waals surface area contributed by atoms with Gasteiger partial charge in [-0.1, -0.05) is 5.16 Å². The van der Waals surface area contributed by atoms with Gasteiger partial charge in [0.25, 0.3) is 0 Å². The summed E-state index contributed by atoms with van der Waals surface area (Å²) in [6.45, 7) is 0. The molecule has 1 aromatic heterocycles. The predicted molar refractivity (Wildman–Crippen MR) is 62.8 cm³/mol. The van der Waals surface area contributed by atoms with Gasteiger partial charge in [0.2, 0.25) is 5.89 Å². The summed E-state index contributed by atoms with van der Waals surface area (Å²) in [7, 11) is -2.97. The predicted octanol–water partition coefficient (Wildman–Crippen LogP) is 0.429. The normalized spacial score (nSPS) is 26.1. The minimum absolute atomic E-state index is 0.0348. The Morgan fingerprint density at radius 1 is 1.33 bits per heavy atom. The van der Waals surface area contributed by atoms with Gasteiger partial charge in [0.15, 0.2) is 15.7 Å². The lowest BCUT2D eigenvalue weighted by atomic mass is 9.93. The lowest BCUT2D eigenvalue weighted by molar-refractivity contribution is 0.0233. The smallest absolute Gasteiger partial charge is 0.229 e. The first-order valence-corrected chi connectivity index (χ1v) is 8.03. The lowest BCUT2D eigenvalue weighted by Crippen LogP contribution is -2.41. The van der Waals surface area contributed by atoms with E-state index in [1.54, 1.807) is 0 Å². The molecule has 2 fully saturated rings.